The van der Waals surface area contributed by atoms with Gasteiger partial charge in [0, 0.05) is 23.6 Å². The second-order valence-corrected chi connectivity index (χ2v) is 5.87. The molecule has 1 atom stereocenters. The fourth-order valence-electron chi connectivity index (χ4n) is 2.25. The van der Waals surface area contributed by atoms with E-state index in [1.807, 2.05) is 0 Å². The molecule has 1 heterocycles. The van der Waals surface area contributed by atoms with E-state index in [1.165, 1.54) is 37.2 Å². The van der Waals surface area contributed by atoms with Crippen LogP contribution in [-0.2, 0) is 6.42 Å². The van der Waals surface area contributed by atoms with Crippen LogP contribution < -0.4 is 4.90 Å². The first-order valence-corrected chi connectivity index (χ1v) is 6.66. The number of hydrogen-bond donors (Lipinski definition) is 0. The number of anilines is 1. The Morgan fingerprint density at radius 3 is 2.60 bits per heavy atom. The van der Waals surface area contributed by atoms with Gasteiger partial charge in [0.1, 0.15) is 0 Å². The minimum absolute atomic E-state index is 0.557. The minimum Gasteiger partial charge on any atom is -0.371 e. The normalized spacial score (nSPS) is 18.1. The molecule has 1 aliphatic rings. The van der Waals surface area contributed by atoms with Gasteiger partial charge in [0.15, 0.2) is 0 Å². The predicted octanol–water partition coefficient (Wildman–Crippen LogP) is 3.61. The van der Waals surface area contributed by atoms with E-state index in [4.69, 9.17) is 0 Å². The van der Waals surface area contributed by atoms with Gasteiger partial charge in [-0.25, -0.2) is 0 Å². The molecule has 1 aromatic carbocycles. The maximum Gasteiger partial charge on any atom is 0.0399 e. The van der Waals surface area contributed by atoms with E-state index < -0.39 is 0 Å². The van der Waals surface area contributed by atoms with E-state index >= 15 is 0 Å². The van der Waals surface area contributed by atoms with Crippen LogP contribution in [0.15, 0.2) is 24.3 Å². The maximum atomic E-state index is 3.64. The number of halogens is 1. The molecular weight excluding hydrogens is 250 g/mol. The summed E-state index contributed by atoms with van der Waals surface area (Å²) in [6, 6.07) is 8.81. The number of hydrogen-bond acceptors (Lipinski definition) is 1. The van der Waals surface area contributed by atoms with Gasteiger partial charge in [-0.3, -0.25) is 0 Å². The predicted molar refractivity (Wildman–Crippen MR) is 70.0 cm³/mol. The van der Waals surface area contributed by atoms with Crippen LogP contribution in [0, 0.1) is 0 Å². The molecule has 1 fully saturated rings. The van der Waals surface area contributed by atoms with E-state index in [0.29, 0.717) is 4.83 Å². The summed E-state index contributed by atoms with van der Waals surface area (Å²) in [7, 11) is 0. The van der Waals surface area contributed by atoms with Crippen molar-refractivity contribution in [1.82, 2.24) is 0 Å². The first-order chi connectivity index (χ1) is 7.27. The highest BCUT2D eigenvalue weighted by Crippen LogP contribution is 2.26. The van der Waals surface area contributed by atoms with Crippen molar-refractivity contribution in [2.75, 3.05) is 18.0 Å². The van der Waals surface area contributed by atoms with Gasteiger partial charge < -0.3 is 4.90 Å². The van der Waals surface area contributed by atoms with Crippen molar-refractivity contribution in [1.29, 1.82) is 0 Å². The molecule has 82 valence electrons. The molecule has 0 amide bonds. The molecule has 15 heavy (non-hydrogen) atoms. The molecule has 1 saturated heterocycles. The first kappa shape index (κ1) is 11.0. The summed E-state index contributed by atoms with van der Waals surface area (Å²) in [5.41, 5.74) is 2.92. The van der Waals surface area contributed by atoms with Crippen LogP contribution in [0.1, 0.15) is 25.3 Å². The van der Waals surface area contributed by atoms with E-state index in [0.717, 1.165) is 6.42 Å². The Morgan fingerprint density at radius 1 is 1.27 bits per heavy atom. The summed E-state index contributed by atoms with van der Waals surface area (Å²) in [4.78, 5) is 3.08. The standard InChI is InChI=1S/C13H18BrN/c1-11(14)10-12-6-2-3-7-13(12)15-8-4-5-9-15/h2-3,6-7,11H,4-5,8-10H2,1H3. The zero-order valence-electron chi connectivity index (χ0n) is 9.25. The summed E-state index contributed by atoms with van der Waals surface area (Å²) in [5.74, 6) is 0. The number of benzene rings is 1. The zero-order chi connectivity index (χ0) is 10.7. The van der Waals surface area contributed by atoms with Crippen LogP contribution in [0.5, 0.6) is 0 Å². The molecule has 0 saturated carbocycles. The topological polar surface area (TPSA) is 3.24 Å². The van der Waals surface area contributed by atoms with Gasteiger partial charge in [-0.1, -0.05) is 41.1 Å². The second kappa shape index (κ2) is 5.02. The molecule has 0 N–H and O–H groups in total. The van der Waals surface area contributed by atoms with Crippen molar-refractivity contribution in [2.45, 2.75) is 31.0 Å². The summed E-state index contributed by atoms with van der Waals surface area (Å²) >= 11 is 3.64. The fraction of sp³-hybridized carbons (Fsp3) is 0.538. The minimum atomic E-state index is 0.557. The lowest BCUT2D eigenvalue weighted by Gasteiger charge is -2.21. The highest BCUT2D eigenvalue weighted by molar-refractivity contribution is 9.09. The third-order valence-electron chi connectivity index (χ3n) is 2.94. The summed E-state index contributed by atoms with van der Waals surface area (Å²) < 4.78 is 0. The van der Waals surface area contributed by atoms with Gasteiger partial charge in [0.05, 0.1) is 0 Å². The Labute approximate surface area is 101 Å². The average Bonchev–Trinajstić information content (AvgIpc) is 2.70. The Bertz CT molecular complexity index is 316. The number of rotatable bonds is 3. The second-order valence-electron chi connectivity index (χ2n) is 4.31. The molecule has 1 unspecified atom stereocenters. The molecule has 2 rings (SSSR count). The van der Waals surface area contributed by atoms with Crippen molar-refractivity contribution in [2.24, 2.45) is 0 Å². The molecule has 1 aromatic rings. The number of nitrogens with zero attached hydrogens (tertiary/aromatic N) is 1. The quantitative estimate of drug-likeness (QED) is 0.757. The average molecular weight is 268 g/mol. The SMILES string of the molecule is CC(Br)Cc1ccccc1N1CCCC1. The monoisotopic (exact) mass is 267 g/mol. The molecule has 1 nitrogen and oxygen atoms in total. The van der Waals surface area contributed by atoms with Crippen LogP contribution in [0.2, 0.25) is 0 Å². The largest absolute Gasteiger partial charge is 0.371 e. The van der Waals surface area contributed by atoms with Crippen molar-refractivity contribution < 1.29 is 0 Å². The van der Waals surface area contributed by atoms with Crippen molar-refractivity contribution >= 4 is 21.6 Å². The third kappa shape index (κ3) is 2.75. The summed E-state index contributed by atoms with van der Waals surface area (Å²) in [6.45, 7) is 4.67. The van der Waals surface area contributed by atoms with Crippen LogP contribution in [0.25, 0.3) is 0 Å². The first-order valence-electron chi connectivity index (χ1n) is 5.74. The Kier molecular flexibility index (Phi) is 3.68. The van der Waals surface area contributed by atoms with E-state index in [2.05, 4.69) is 52.0 Å². The van der Waals surface area contributed by atoms with Crippen molar-refractivity contribution in [3.8, 4) is 0 Å². The van der Waals surface area contributed by atoms with E-state index in [-0.39, 0.29) is 0 Å². The van der Waals surface area contributed by atoms with Crippen LogP contribution >= 0.6 is 15.9 Å². The number of para-hydroxylation sites is 1. The van der Waals surface area contributed by atoms with Crippen LogP contribution in [0.4, 0.5) is 5.69 Å². The van der Waals surface area contributed by atoms with Crippen molar-refractivity contribution in [3.63, 3.8) is 0 Å². The molecule has 0 radical (unpaired) electrons. The molecule has 0 aliphatic carbocycles. The highest BCUT2D eigenvalue weighted by atomic mass is 79.9. The molecule has 0 bridgehead atoms. The third-order valence-corrected chi connectivity index (χ3v) is 3.26. The summed E-state index contributed by atoms with van der Waals surface area (Å²) in [6.07, 6.45) is 3.81. The van der Waals surface area contributed by atoms with Gasteiger partial charge in [0.25, 0.3) is 0 Å². The van der Waals surface area contributed by atoms with Crippen LogP contribution in [-0.4, -0.2) is 17.9 Å². The molecule has 0 spiro atoms. The Morgan fingerprint density at radius 2 is 1.93 bits per heavy atom. The van der Waals surface area contributed by atoms with Gasteiger partial charge in [-0.2, -0.15) is 0 Å². The lowest BCUT2D eigenvalue weighted by Crippen LogP contribution is -2.19. The lowest BCUT2D eigenvalue weighted by molar-refractivity contribution is 0.913. The molecular formula is C13H18BrN. The van der Waals surface area contributed by atoms with Gasteiger partial charge >= 0.3 is 0 Å². The van der Waals surface area contributed by atoms with Crippen LogP contribution in [0.3, 0.4) is 0 Å². The van der Waals surface area contributed by atoms with Gasteiger partial charge in [-0.15, -0.1) is 0 Å². The van der Waals surface area contributed by atoms with Gasteiger partial charge in [0.2, 0.25) is 0 Å². The molecule has 0 aromatic heterocycles. The summed E-state index contributed by atoms with van der Waals surface area (Å²) in [5, 5.41) is 0. The smallest absolute Gasteiger partial charge is 0.0399 e. The fourth-order valence-corrected chi connectivity index (χ4v) is 2.60. The molecule has 1 aliphatic heterocycles. The van der Waals surface area contributed by atoms with E-state index in [9.17, 15) is 0 Å². The maximum absolute atomic E-state index is 3.64. The number of alkyl halides is 1. The molecule has 2 heteroatoms. The van der Waals surface area contributed by atoms with Crippen molar-refractivity contribution in [3.05, 3.63) is 29.8 Å². The highest BCUT2D eigenvalue weighted by Gasteiger charge is 2.15. The lowest BCUT2D eigenvalue weighted by atomic mass is 10.1. The zero-order valence-corrected chi connectivity index (χ0v) is 10.8. The van der Waals surface area contributed by atoms with Gasteiger partial charge in [-0.05, 0) is 30.9 Å². The van der Waals surface area contributed by atoms with E-state index in [1.54, 1.807) is 0 Å². The Hall–Kier alpha value is -0.500. The Balaban J connectivity index is 2.20.